The molecule has 0 aromatic carbocycles. The molecule has 9 heavy (non-hydrogen) atoms. The molecule has 0 saturated carbocycles. The fourth-order valence-corrected chi connectivity index (χ4v) is 0.983. The van der Waals surface area contributed by atoms with Gasteiger partial charge in [0.1, 0.15) is 0 Å². The Hall–Kier alpha value is 1.63. The van der Waals surface area contributed by atoms with Gasteiger partial charge in [0.25, 0.3) is 0 Å². The predicted octanol–water partition coefficient (Wildman–Crippen LogP) is -8.68. The maximum absolute atomic E-state index is 5.22. The van der Waals surface area contributed by atoms with E-state index in [9.17, 15) is 0 Å². The van der Waals surface area contributed by atoms with Crippen LogP contribution >= 0.6 is 0 Å². The molecule has 0 aliphatic heterocycles. The Labute approximate surface area is 88.8 Å². The van der Waals surface area contributed by atoms with Gasteiger partial charge in [0, 0.05) is 0 Å². The molecule has 0 saturated heterocycles. The minimum Gasteiger partial charge on any atom is -1.00 e. The first kappa shape index (κ1) is 22.4. The summed E-state index contributed by atoms with van der Waals surface area (Å²) < 4.78 is 1.36. The largest absolute Gasteiger partial charge is 1.00 e. The van der Waals surface area contributed by atoms with Crippen molar-refractivity contribution in [1.29, 1.82) is 0 Å². The summed E-state index contributed by atoms with van der Waals surface area (Å²) in [6.07, 6.45) is 2.54. The second-order valence-corrected chi connectivity index (χ2v) is 2.67. The first-order valence-corrected chi connectivity index (χ1v) is 4.28. The number of rotatable bonds is 3. The van der Waals surface area contributed by atoms with Gasteiger partial charge in [-0.05, 0) is 0 Å². The van der Waals surface area contributed by atoms with Gasteiger partial charge in [-0.3, -0.25) is 0 Å². The Balaban J connectivity index is -0.0000000417. The first-order valence-electron chi connectivity index (χ1n) is 2.26. The summed E-state index contributed by atoms with van der Waals surface area (Å²) in [4.78, 5) is 0. The van der Waals surface area contributed by atoms with Crippen LogP contribution in [0.5, 0.6) is 0 Å². The molecule has 0 heterocycles. The molecule has 0 fully saturated rings. The Bertz CT molecular complexity index is 27.8. The van der Waals surface area contributed by atoms with E-state index in [4.69, 9.17) is 5.73 Å². The molecule has 0 spiro atoms. The third kappa shape index (κ3) is 26.2. The molecule has 0 unspecified atom stereocenters. The number of hydrogen-bond acceptors (Lipinski definition) is 1. The summed E-state index contributed by atoms with van der Waals surface area (Å²) in [6.45, 7) is 0.869. The van der Waals surface area contributed by atoms with Gasteiger partial charge in [-0.15, -0.1) is 0 Å². The standard InChI is InChI=1S/C4H10N.3ClH.Sn/c1-2-3-4-5;;;;/h1-5H2;3*1H;/q;;;;+3/p-3. The molecule has 5 heteroatoms. The van der Waals surface area contributed by atoms with Crippen LogP contribution in [0.1, 0.15) is 12.8 Å². The fraction of sp³-hybridized carbons (Fsp3) is 1.00. The first-order chi connectivity index (χ1) is 2.91. The van der Waals surface area contributed by atoms with Crippen LogP contribution in [0.2, 0.25) is 4.44 Å². The molecule has 0 aliphatic rings. The van der Waals surface area contributed by atoms with Gasteiger partial charge in [-0.2, -0.15) is 0 Å². The van der Waals surface area contributed by atoms with Crippen LogP contribution in [0, 0.1) is 0 Å². The zero-order valence-electron chi connectivity index (χ0n) is 5.04. The van der Waals surface area contributed by atoms with Crippen molar-refractivity contribution in [1.82, 2.24) is 0 Å². The number of hydrogen-bond donors (Lipinski definition) is 1. The van der Waals surface area contributed by atoms with E-state index in [1.165, 1.54) is 17.3 Å². The van der Waals surface area contributed by atoms with Crippen molar-refractivity contribution >= 4 is 22.5 Å². The van der Waals surface area contributed by atoms with Gasteiger partial charge in [0.2, 0.25) is 0 Å². The third-order valence-electron chi connectivity index (χ3n) is 0.631. The van der Waals surface area contributed by atoms with Gasteiger partial charge in [-0.1, -0.05) is 0 Å². The average molecular weight is 297 g/mol. The van der Waals surface area contributed by atoms with Crippen molar-refractivity contribution < 1.29 is 37.2 Å². The normalized spacial score (nSPS) is 6.11. The van der Waals surface area contributed by atoms with Crippen molar-refractivity contribution in [3.05, 3.63) is 0 Å². The van der Waals surface area contributed by atoms with E-state index in [0.717, 1.165) is 6.54 Å². The maximum atomic E-state index is 5.22. The molecule has 0 radical (unpaired) electrons. The van der Waals surface area contributed by atoms with E-state index in [2.05, 4.69) is 0 Å². The summed E-state index contributed by atoms with van der Waals surface area (Å²) in [7, 11) is 0. The zero-order chi connectivity index (χ0) is 4.83. The van der Waals surface area contributed by atoms with Crippen molar-refractivity contribution in [2.24, 2.45) is 5.73 Å². The van der Waals surface area contributed by atoms with E-state index < -0.39 is 0 Å². The van der Waals surface area contributed by atoms with Crippen LogP contribution in [-0.4, -0.2) is 29.1 Å². The molecule has 1 nitrogen and oxygen atoms in total. The summed E-state index contributed by atoms with van der Waals surface area (Å²) in [6, 6.07) is 0. The quantitative estimate of drug-likeness (QED) is 0.406. The monoisotopic (exact) mass is 297 g/mol. The van der Waals surface area contributed by atoms with Crippen LogP contribution in [0.3, 0.4) is 0 Å². The molecule has 0 amide bonds. The molecule has 0 aromatic heterocycles. The number of nitrogens with two attached hydrogens (primary N) is 1. The summed E-state index contributed by atoms with van der Waals surface area (Å²) in [5.74, 6) is 0. The fourth-order valence-electron chi connectivity index (χ4n) is 0.269. The number of halogens is 3. The van der Waals surface area contributed by atoms with Gasteiger partial charge in [0.15, 0.2) is 0 Å². The molecule has 0 aliphatic carbocycles. The Morgan fingerprint density at radius 3 is 1.56 bits per heavy atom. The van der Waals surface area contributed by atoms with E-state index in [-0.39, 0.29) is 37.2 Å². The van der Waals surface area contributed by atoms with Gasteiger partial charge >= 0.3 is 52.1 Å². The van der Waals surface area contributed by atoms with E-state index in [0.29, 0.717) is 0 Å². The van der Waals surface area contributed by atoms with Crippen LogP contribution < -0.4 is 43.0 Å². The molecule has 0 atom stereocenters. The average Bonchev–Trinajstić information content (AvgIpc) is 1.61. The summed E-state index contributed by atoms with van der Waals surface area (Å²) in [5, 5.41) is 0. The van der Waals surface area contributed by atoms with Crippen molar-refractivity contribution in [2.45, 2.75) is 17.3 Å². The molecule has 0 rings (SSSR count). The van der Waals surface area contributed by atoms with Crippen molar-refractivity contribution in [3.63, 3.8) is 0 Å². The second kappa shape index (κ2) is 22.6. The van der Waals surface area contributed by atoms with Gasteiger partial charge in [-0.25, -0.2) is 0 Å². The van der Waals surface area contributed by atoms with Crippen molar-refractivity contribution in [3.8, 4) is 0 Å². The smallest absolute Gasteiger partial charge is 1.00 e. The van der Waals surface area contributed by atoms with Crippen molar-refractivity contribution in [2.75, 3.05) is 6.54 Å². The van der Waals surface area contributed by atoms with Gasteiger partial charge < -0.3 is 37.2 Å². The molecular formula is C4H10Cl3NSn. The number of unbranched alkanes of at least 4 members (excludes halogenated alkanes) is 1. The Morgan fingerprint density at radius 1 is 1.00 bits per heavy atom. The van der Waals surface area contributed by atoms with Crippen LogP contribution in [0.25, 0.3) is 0 Å². The second-order valence-electron chi connectivity index (χ2n) is 1.25. The molecule has 0 aromatic rings. The third-order valence-corrected chi connectivity index (χ3v) is 1.64. The topological polar surface area (TPSA) is 26.0 Å². The van der Waals surface area contributed by atoms with E-state index >= 15 is 0 Å². The van der Waals surface area contributed by atoms with Crippen LogP contribution in [-0.2, 0) is 0 Å². The van der Waals surface area contributed by atoms with Crippen LogP contribution in [0.4, 0.5) is 0 Å². The maximum Gasteiger partial charge on any atom is -1.00 e. The summed E-state index contributed by atoms with van der Waals surface area (Å²) in [5.41, 5.74) is 5.22. The predicted molar refractivity (Wildman–Crippen MR) is 28.8 cm³/mol. The Kier molecular flexibility index (Phi) is 56.4. The van der Waals surface area contributed by atoms with Gasteiger partial charge in [0.05, 0.1) is 0 Å². The SMILES string of the molecule is NCCC[CH2][Sn+3].[Cl-].[Cl-].[Cl-]. The van der Waals surface area contributed by atoms with Crippen LogP contribution in [0.15, 0.2) is 0 Å². The molecular weight excluding hydrogens is 287 g/mol. The summed E-state index contributed by atoms with van der Waals surface area (Å²) >= 11 is 1.64. The zero-order valence-corrected chi connectivity index (χ0v) is 10.2. The molecule has 2 N–H and O–H groups in total. The molecule has 0 bridgehead atoms. The molecule has 56 valence electrons. The Morgan fingerprint density at radius 2 is 1.44 bits per heavy atom. The van der Waals surface area contributed by atoms with E-state index in [1.54, 1.807) is 22.5 Å². The van der Waals surface area contributed by atoms with E-state index in [1.807, 2.05) is 0 Å². The minimum atomic E-state index is 0. The minimum absolute atomic E-state index is 0.